The fraction of sp³-hybridized carbons (Fsp3) is 0. The van der Waals surface area contributed by atoms with E-state index in [1.807, 2.05) is 6.07 Å². The number of anilines is 3. The van der Waals surface area contributed by atoms with E-state index in [0.29, 0.717) is 0 Å². The molecule has 4 heteroatoms. The molecule has 40 heavy (non-hydrogen) atoms. The second-order valence-corrected chi connectivity index (χ2v) is 11.5. The number of aromatic nitrogens is 1. The number of nitrogens with zero attached hydrogens (tertiary/aromatic N) is 2. The van der Waals surface area contributed by atoms with E-state index in [-0.39, 0.29) is 0 Å². The van der Waals surface area contributed by atoms with E-state index in [2.05, 4.69) is 181 Å². The first-order valence-corrected chi connectivity index (χ1v) is 14.8. The lowest BCUT2D eigenvalue weighted by molar-refractivity contribution is 1.18. The van der Waals surface area contributed by atoms with E-state index in [1.165, 1.54) is 27.4 Å². The Labute approximate surface area is 250 Å². The Morgan fingerprint density at radius 2 is 1.05 bits per heavy atom. The average molecular weight is 644 g/mol. The van der Waals surface area contributed by atoms with Crippen molar-refractivity contribution in [1.82, 2.24) is 4.57 Å². The zero-order valence-corrected chi connectivity index (χ0v) is 24.7. The molecule has 0 radical (unpaired) electrons. The molecule has 0 aliphatic heterocycles. The van der Waals surface area contributed by atoms with Crippen molar-refractivity contribution < 1.29 is 0 Å². The average Bonchev–Trinajstić information content (AvgIpc) is 3.33. The SMILES string of the molecule is Brc1cccc(N(c2cccc(-c3cccc(-n4c5ccccc5c5ccccc54)c3)c2)c2ccccc2Br)c1. The van der Waals surface area contributed by atoms with Crippen molar-refractivity contribution in [3.05, 3.63) is 155 Å². The summed E-state index contributed by atoms with van der Waals surface area (Å²) < 4.78 is 4.44. The zero-order chi connectivity index (χ0) is 27.1. The molecule has 0 fully saturated rings. The molecule has 192 valence electrons. The molecule has 7 aromatic rings. The third-order valence-electron chi connectivity index (χ3n) is 7.28. The molecule has 7 rings (SSSR count). The number of rotatable bonds is 5. The summed E-state index contributed by atoms with van der Waals surface area (Å²) in [6.45, 7) is 0. The Balaban J connectivity index is 1.37. The molecule has 0 atom stereocenters. The molecule has 0 bridgehead atoms. The van der Waals surface area contributed by atoms with Crippen molar-refractivity contribution in [2.45, 2.75) is 0 Å². The molecule has 0 aliphatic carbocycles. The molecule has 0 unspecified atom stereocenters. The molecule has 1 heterocycles. The van der Waals surface area contributed by atoms with Gasteiger partial charge in [0.05, 0.1) is 16.7 Å². The summed E-state index contributed by atoms with van der Waals surface area (Å²) in [5.41, 5.74) is 9.15. The van der Waals surface area contributed by atoms with Crippen LogP contribution in [0.2, 0.25) is 0 Å². The van der Waals surface area contributed by atoms with Crippen LogP contribution in [0.5, 0.6) is 0 Å². The fourth-order valence-corrected chi connectivity index (χ4v) is 6.37. The molecular formula is C36H24Br2N2. The molecular weight excluding hydrogens is 620 g/mol. The van der Waals surface area contributed by atoms with E-state index >= 15 is 0 Å². The van der Waals surface area contributed by atoms with Crippen LogP contribution in [0.1, 0.15) is 0 Å². The summed E-state index contributed by atoms with van der Waals surface area (Å²) in [4.78, 5) is 2.29. The van der Waals surface area contributed by atoms with Gasteiger partial charge in [-0.3, -0.25) is 0 Å². The first kappa shape index (κ1) is 24.9. The highest BCUT2D eigenvalue weighted by atomic mass is 79.9. The predicted molar refractivity (Wildman–Crippen MR) is 176 cm³/mol. The van der Waals surface area contributed by atoms with Crippen LogP contribution in [0.25, 0.3) is 38.6 Å². The molecule has 6 aromatic carbocycles. The zero-order valence-electron chi connectivity index (χ0n) is 21.5. The Hall–Kier alpha value is -4.12. The maximum Gasteiger partial charge on any atom is 0.0603 e. The van der Waals surface area contributed by atoms with Gasteiger partial charge in [0.2, 0.25) is 0 Å². The van der Waals surface area contributed by atoms with Crippen LogP contribution in [-0.4, -0.2) is 4.57 Å². The fourth-order valence-electron chi connectivity index (χ4n) is 5.53. The highest BCUT2D eigenvalue weighted by molar-refractivity contribution is 9.10. The first-order valence-electron chi connectivity index (χ1n) is 13.2. The number of para-hydroxylation sites is 3. The summed E-state index contributed by atoms with van der Waals surface area (Å²) in [6.07, 6.45) is 0. The summed E-state index contributed by atoms with van der Waals surface area (Å²) in [7, 11) is 0. The minimum Gasteiger partial charge on any atom is -0.309 e. The third kappa shape index (κ3) is 4.43. The van der Waals surface area contributed by atoms with Gasteiger partial charge in [-0.05, 0) is 93.8 Å². The lowest BCUT2D eigenvalue weighted by atomic mass is 10.0. The molecule has 0 saturated carbocycles. The molecule has 1 aromatic heterocycles. The van der Waals surface area contributed by atoms with Crippen LogP contribution in [0.15, 0.2) is 155 Å². The Morgan fingerprint density at radius 3 is 1.75 bits per heavy atom. The van der Waals surface area contributed by atoms with Crippen molar-refractivity contribution >= 4 is 70.7 Å². The normalized spacial score (nSPS) is 11.2. The molecule has 0 amide bonds. The van der Waals surface area contributed by atoms with Crippen LogP contribution in [0.3, 0.4) is 0 Å². The van der Waals surface area contributed by atoms with Crippen molar-refractivity contribution in [2.24, 2.45) is 0 Å². The highest BCUT2D eigenvalue weighted by Crippen LogP contribution is 2.41. The summed E-state index contributed by atoms with van der Waals surface area (Å²) in [5.74, 6) is 0. The Kier molecular flexibility index (Phi) is 6.51. The van der Waals surface area contributed by atoms with Crippen molar-refractivity contribution in [3.8, 4) is 16.8 Å². The van der Waals surface area contributed by atoms with Gasteiger partial charge < -0.3 is 9.47 Å². The van der Waals surface area contributed by atoms with Gasteiger partial charge in [0, 0.05) is 36.8 Å². The number of fused-ring (bicyclic) bond motifs is 3. The number of hydrogen-bond donors (Lipinski definition) is 0. The van der Waals surface area contributed by atoms with Gasteiger partial charge >= 0.3 is 0 Å². The monoisotopic (exact) mass is 642 g/mol. The quantitative estimate of drug-likeness (QED) is 0.181. The lowest BCUT2D eigenvalue weighted by Gasteiger charge is -2.27. The van der Waals surface area contributed by atoms with Crippen LogP contribution in [-0.2, 0) is 0 Å². The standard InChI is InChI=1S/C36H24Br2N2/c37-27-12-9-15-30(24-27)39(36-21-6-3-18-33(36)38)28-13-7-10-25(22-28)26-11-8-14-29(23-26)40-34-19-4-1-16-31(34)32-17-2-5-20-35(32)40/h1-24H. The van der Waals surface area contributed by atoms with E-state index in [9.17, 15) is 0 Å². The van der Waals surface area contributed by atoms with E-state index < -0.39 is 0 Å². The summed E-state index contributed by atoms with van der Waals surface area (Å²) >= 11 is 7.45. The predicted octanol–water partition coefficient (Wildman–Crippen LogP) is 11.4. The van der Waals surface area contributed by atoms with E-state index in [0.717, 1.165) is 37.3 Å². The number of halogens is 2. The maximum absolute atomic E-state index is 3.79. The second-order valence-electron chi connectivity index (χ2n) is 9.74. The largest absolute Gasteiger partial charge is 0.309 e. The van der Waals surface area contributed by atoms with E-state index in [4.69, 9.17) is 0 Å². The second kappa shape index (κ2) is 10.5. The van der Waals surface area contributed by atoms with Gasteiger partial charge in [0.25, 0.3) is 0 Å². The van der Waals surface area contributed by atoms with Crippen LogP contribution < -0.4 is 4.90 Å². The van der Waals surface area contributed by atoms with Gasteiger partial charge in [0.15, 0.2) is 0 Å². The molecule has 0 saturated heterocycles. The minimum absolute atomic E-state index is 1.04. The van der Waals surface area contributed by atoms with Gasteiger partial charge in [0.1, 0.15) is 0 Å². The molecule has 0 aliphatic rings. The lowest BCUT2D eigenvalue weighted by Crippen LogP contribution is -2.10. The summed E-state index contributed by atoms with van der Waals surface area (Å²) in [5, 5.41) is 2.53. The topological polar surface area (TPSA) is 8.17 Å². The summed E-state index contributed by atoms with van der Waals surface area (Å²) in [6, 6.07) is 51.6. The number of hydrogen-bond acceptors (Lipinski definition) is 1. The molecule has 0 spiro atoms. The van der Waals surface area contributed by atoms with Gasteiger partial charge in [-0.1, -0.05) is 94.8 Å². The minimum atomic E-state index is 1.04. The maximum atomic E-state index is 3.79. The Morgan fingerprint density at radius 1 is 0.475 bits per heavy atom. The van der Waals surface area contributed by atoms with Crippen molar-refractivity contribution in [2.75, 3.05) is 4.90 Å². The first-order chi connectivity index (χ1) is 19.7. The third-order valence-corrected chi connectivity index (χ3v) is 8.45. The van der Waals surface area contributed by atoms with Gasteiger partial charge in [-0.2, -0.15) is 0 Å². The molecule has 0 N–H and O–H groups in total. The van der Waals surface area contributed by atoms with Crippen molar-refractivity contribution in [1.29, 1.82) is 0 Å². The Bertz CT molecular complexity index is 1950. The van der Waals surface area contributed by atoms with Crippen LogP contribution in [0.4, 0.5) is 17.1 Å². The van der Waals surface area contributed by atoms with Crippen LogP contribution in [0, 0.1) is 0 Å². The smallest absolute Gasteiger partial charge is 0.0603 e. The van der Waals surface area contributed by atoms with Gasteiger partial charge in [-0.15, -0.1) is 0 Å². The van der Waals surface area contributed by atoms with Crippen LogP contribution >= 0.6 is 31.9 Å². The van der Waals surface area contributed by atoms with E-state index in [1.54, 1.807) is 0 Å². The van der Waals surface area contributed by atoms with Gasteiger partial charge in [-0.25, -0.2) is 0 Å². The highest BCUT2D eigenvalue weighted by Gasteiger charge is 2.17. The molecule has 2 nitrogen and oxygen atoms in total. The number of benzene rings is 6. The van der Waals surface area contributed by atoms with Crippen molar-refractivity contribution in [3.63, 3.8) is 0 Å².